The molecule has 0 bridgehead atoms. The fourth-order valence-corrected chi connectivity index (χ4v) is 4.63. The molecule has 2 heterocycles. The van der Waals surface area contributed by atoms with Crippen molar-refractivity contribution in [1.29, 1.82) is 0 Å². The molecule has 3 aromatic carbocycles. The number of carbonyl (C=O) groups excluding carboxylic acids is 1. The van der Waals surface area contributed by atoms with Crippen LogP contribution in [0.15, 0.2) is 78.0 Å². The second-order valence-corrected chi connectivity index (χ2v) is 8.47. The molecule has 7 nitrogen and oxygen atoms in total. The zero-order chi connectivity index (χ0) is 24.5. The van der Waals surface area contributed by atoms with Gasteiger partial charge in [-0.1, -0.05) is 31.2 Å². The quantitative estimate of drug-likeness (QED) is 0.388. The first-order chi connectivity index (χ1) is 17.0. The highest BCUT2D eigenvalue weighted by molar-refractivity contribution is 6.06. The van der Waals surface area contributed by atoms with Crippen LogP contribution in [0.25, 0.3) is 11.0 Å². The van der Waals surface area contributed by atoms with E-state index in [1.165, 1.54) is 5.56 Å². The van der Waals surface area contributed by atoms with Gasteiger partial charge in [-0.05, 0) is 61.4 Å². The Labute approximate surface area is 204 Å². The number of nitrogens with one attached hydrogen (secondary N) is 2. The highest BCUT2D eigenvalue weighted by atomic mass is 16.5. The van der Waals surface area contributed by atoms with Gasteiger partial charge in [0.25, 0.3) is 5.91 Å². The summed E-state index contributed by atoms with van der Waals surface area (Å²) in [5.41, 5.74) is 5.82. The fourth-order valence-electron chi connectivity index (χ4n) is 4.63. The Kier molecular flexibility index (Phi) is 5.91. The molecule has 1 aromatic heterocycles. The molecular formula is C28H28N4O3. The summed E-state index contributed by atoms with van der Waals surface area (Å²) in [5, 5.41) is 6.44. The normalized spacial score (nSPS) is 14.9. The summed E-state index contributed by atoms with van der Waals surface area (Å²) in [6.07, 6.45) is 0.941. The minimum Gasteiger partial charge on any atom is -0.497 e. The number of allylic oxidation sites excluding steroid dienone is 1. The molecule has 0 saturated carbocycles. The maximum atomic E-state index is 13.8. The molecule has 0 radical (unpaired) electrons. The third-order valence-electron chi connectivity index (χ3n) is 6.43. The molecule has 1 atom stereocenters. The van der Waals surface area contributed by atoms with Crippen LogP contribution in [-0.4, -0.2) is 29.7 Å². The van der Waals surface area contributed by atoms with Crippen molar-refractivity contribution in [3.63, 3.8) is 0 Å². The van der Waals surface area contributed by atoms with Crippen molar-refractivity contribution in [2.24, 2.45) is 0 Å². The van der Waals surface area contributed by atoms with Crippen LogP contribution in [0, 0.1) is 0 Å². The lowest BCUT2D eigenvalue weighted by Gasteiger charge is -2.31. The van der Waals surface area contributed by atoms with Crippen molar-refractivity contribution in [2.75, 3.05) is 24.9 Å². The number of rotatable bonds is 6. The number of methoxy groups -OCH3 is 2. The summed E-state index contributed by atoms with van der Waals surface area (Å²) in [4.78, 5) is 18.6. The van der Waals surface area contributed by atoms with Gasteiger partial charge in [0.15, 0.2) is 0 Å². The van der Waals surface area contributed by atoms with Gasteiger partial charge in [0, 0.05) is 16.9 Å². The van der Waals surface area contributed by atoms with Gasteiger partial charge < -0.3 is 20.1 Å². The van der Waals surface area contributed by atoms with Crippen LogP contribution in [0.1, 0.15) is 31.0 Å². The Morgan fingerprint density at radius 2 is 1.83 bits per heavy atom. The van der Waals surface area contributed by atoms with Gasteiger partial charge in [-0.3, -0.25) is 9.36 Å². The number of aryl methyl sites for hydroxylation is 1. The third-order valence-corrected chi connectivity index (χ3v) is 6.43. The monoisotopic (exact) mass is 468 g/mol. The minimum absolute atomic E-state index is 0.197. The Morgan fingerprint density at radius 1 is 1.06 bits per heavy atom. The Morgan fingerprint density at radius 3 is 2.54 bits per heavy atom. The molecule has 0 unspecified atom stereocenters. The number of hydrogen-bond acceptors (Lipinski definition) is 5. The first-order valence-electron chi connectivity index (χ1n) is 11.6. The number of anilines is 2. The summed E-state index contributed by atoms with van der Waals surface area (Å²) in [6.45, 7) is 4.01. The molecule has 178 valence electrons. The molecule has 0 fully saturated rings. The van der Waals surface area contributed by atoms with Crippen molar-refractivity contribution in [3.05, 3.63) is 89.1 Å². The number of benzene rings is 3. The van der Waals surface area contributed by atoms with E-state index in [2.05, 4.69) is 22.1 Å². The molecule has 0 saturated heterocycles. The van der Waals surface area contributed by atoms with Gasteiger partial charge >= 0.3 is 0 Å². The SMILES string of the molecule is CCc1ccc(NC(=O)C2=C(C)Nc3nc4ccccc4n3[C@@H]2c2cc(OC)ccc2OC)cc1. The first kappa shape index (κ1) is 22.5. The highest BCUT2D eigenvalue weighted by Crippen LogP contribution is 2.43. The third kappa shape index (κ3) is 3.99. The lowest BCUT2D eigenvalue weighted by molar-refractivity contribution is -0.113. The predicted octanol–water partition coefficient (Wildman–Crippen LogP) is 5.54. The second-order valence-electron chi connectivity index (χ2n) is 8.47. The van der Waals surface area contributed by atoms with Crippen molar-refractivity contribution >= 4 is 28.6 Å². The number of carbonyl (C=O) groups is 1. The second kappa shape index (κ2) is 9.18. The van der Waals surface area contributed by atoms with Gasteiger partial charge in [0.1, 0.15) is 11.5 Å². The lowest BCUT2D eigenvalue weighted by atomic mass is 9.93. The molecule has 0 aliphatic carbocycles. The summed E-state index contributed by atoms with van der Waals surface area (Å²) < 4.78 is 13.3. The van der Waals surface area contributed by atoms with Gasteiger partial charge in [-0.25, -0.2) is 4.98 Å². The summed E-state index contributed by atoms with van der Waals surface area (Å²) in [7, 11) is 3.26. The molecule has 1 aliphatic rings. The van der Waals surface area contributed by atoms with Crippen molar-refractivity contribution < 1.29 is 14.3 Å². The van der Waals surface area contributed by atoms with E-state index in [0.29, 0.717) is 23.0 Å². The number of para-hydroxylation sites is 2. The Bertz CT molecular complexity index is 1440. The van der Waals surface area contributed by atoms with Gasteiger partial charge in [0.2, 0.25) is 5.95 Å². The van der Waals surface area contributed by atoms with Crippen LogP contribution >= 0.6 is 0 Å². The van der Waals surface area contributed by atoms with Gasteiger partial charge in [-0.2, -0.15) is 0 Å². The van der Waals surface area contributed by atoms with E-state index in [1.54, 1.807) is 14.2 Å². The lowest BCUT2D eigenvalue weighted by Crippen LogP contribution is -2.31. The molecule has 5 rings (SSSR count). The van der Waals surface area contributed by atoms with E-state index in [-0.39, 0.29) is 5.91 Å². The largest absolute Gasteiger partial charge is 0.497 e. The Balaban J connectivity index is 1.68. The maximum Gasteiger partial charge on any atom is 0.255 e. The number of imidazole rings is 1. The highest BCUT2D eigenvalue weighted by Gasteiger charge is 2.36. The molecular weight excluding hydrogens is 440 g/mol. The van der Waals surface area contributed by atoms with Gasteiger partial charge in [-0.15, -0.1) is 0 Å². The average molecular weight is 469 g/mol. The van der Waals surface area contributed by atoms with E-state index < -0.39 is 6.04 Å². The molecule has 35 heavy (non-hydrogen) atoms. The van der Waals surface area contributed by atoms with Crippen LogP contribution < -0.4 is 20.1 Å². The van der Waals surface area contributed by atoms with E-state index in [1.807, 2.05) is 73.7 Å². The van der Waals surface area contributed by atoms with E-state index in [9.17, 15) is 4.79 Å². The maximum absolute atomic E-state index is 13.8. The van der Waals surface area contributed by atoms with Crippen LogP contribution in [0.3, 0.4) is 0 Å². The molecule has 7 heteroatoms. The van der Waals surface area contributed by atoms with Crippen LogP contribution in [0.4, 0.5) is 11.6 Å². The Hall–Kier alpha value is -4.26. The molecule has 0 spiro atoms. The van der Waals surface area contributed by atoms with Gasteiger partial charge in [0.05, 0.1) is 36.9 Å². The average Bonchev–Trinajstić information content (AvgIpc) is 3.25. The zero-order valence-electron chi connectivity index (χ0n) is 20.3. The van der Waals surface area contributed by atoms with Crippen molar-refractivity contribution in [1.82, 2.24) is 9.55 Å². The van der Waals surface area contributed by atoms with E-state index >= 15 is 0 Å². The molecule has 2 N–H and O–H groups in total. The standard InChI is InChI=1S/C28H28N4O3/c1-5-18-10-12-19(13-11-18)30-27(33)25-17(2)29-28-31-22-8-6-7-9-23(22)32(28)26(25)21-16-20(34-3)14-15-24(21)35-4/h6-16,26H,5H2,1-4H3,(H,29,31)(H,30,33)/t26-/m1/s1. The summed E-state index contributed by atoms with van der Waals surface area (Å²) in [6, 6.07) is 21.0. The summed E-state index contributed by atoms with van der Waals surface area (Å²) >= 11 is 0. The fraction of sp³-hybridized carbons (Fsp3) is 0.214. The van der Waals surface area contributed by atoms with Crippen LogP contribution in [-0.2, 0) is 11.2 Å². The molecule has 4 aromatic rings. The van der Waals surface area contributed by atoms with E-state index in [4.69, 9.17) is 14.5 Å². The number of hydrogen-bond donors (Lipinski definition) is 2. The smallest absolute Gasteiger partial charge is 0.255 e. The zero-order valence-corrected chi connectivity index (χ0v) is 20.3. The van der Waals surface area contributed by atoms with E-state index in [0.717, 1.165) is 34.4 Å². The minimum atomic E-state index is -0.487. The molecule has 1 aliphatic heterocycles. The van der Waals surface area contributed by atoms with Crippen molar-refractivity contribution in [3.8, 4) is 11.5 Å². The number of fused-ring (bicyclic) bond motifs is 3. The number of nitrogens with zero attached hydrogens (tertiary/aromatic N) is 2. The van der Waals surface area contributed by atoms with Crippen LogP contribution in [0.5, 0.6) is 11.5 Å². The van der Waals surface area contributed by atoms with Crippen molar-refractivity contribution in [2.45, 2.75) is 26.3 Å². The number of ether oxygens (including phenoxy) is 2. The topological polar surface area (TPSA) is 77.4 Å². The predicted molar refractivity (Wildman–Crippen MR) is 138 cm³/mol. The number of amides is 1. The summed E-state index contributed by atoms with van der Waals surface area (Å²) in [5.74, 6) is 1.81. The number of aromatic nitrogens is 2. The van der Waals surface area contributed by atoms with Crippen LogP contribution in [0.2, 0.25) is 0 Å². The molecule has 1 amide bonds. The first-order valence-corrected chi connectivity index (χ1v) is 11.6.